The van der Waals surface area contributed by atoms with E-state index in [1.54, 1.807) is 12.1 Å². The van der Waals surface area contributed by atoms with Gasteiger partial charge in [-0.05, 0) is 12.1 Å². The number of nitrogens with two attached hydrogens (primary N) is 1. The van der Waals surface area contributed by atoms with Crippen LogP contribution < -0.4 is 5.73 Å². The number of aliphatic imine (C=N–C) groups is 3. The molecular formula is C10H10N4O4S. The van der Waals surface area contributed by atoms with Crippen molar-refractivity contribution in [3.8, 4) is 0 Å². The maximum atomic E-state index is 11.4. The highest BCUT2D eigenvalue weighted by molar-refractivity contribution is 8.05. The third-order valence-electron chi connectivity index (χ3n) is 2.59. The highest BCUT2D eigenvalue weighted by atomic mass is 32.2. The topological polar surface area (TPSA) is 120 Å². The van der Waals surface area contributed by atoms with E-state index in [1.807, 2.05) is 0 Å². The Bertz CT molecular complexity index is 702. The van der Waals surface area contributed by atoms with E-state index in [1.165, 1.54) is 6.26 Å². The van der Waals surface area contributed by atoms with Crippen molar-refractivity contribution < 1.29 is 17.6 Å². The number of rotatable bonds is 1. The van der Waals surface area contributed by atoms with Gasteiger partial charge in [-0.1, -0.05) is 0 Å². The zero-order valence-corrected chi connectivity index (χ0v) is 10.7. The fraction of sp³-hybridized carbons (Fsp3) is 0.300. The van der Waals surface area contributed by atoms with Gasteiger partial charge >= 0.3 is 0 Å². The molecule has 2 atom stereocenters. The molecule has 3 rings (SSSR count). The lowest BCUT2D eigenvalue weighted by Gasteiger charge is -2.17. The molecule has 19 heavy (non-hydrogen) atoms. The zero-order valence-electron chi connectivity index (χ0n) is 9.85. The number of hydrogen-bond acceptors (Lipinski definition) is 8. The second-order valence-electron chi connectivity index (χ2n) is 4.09. The summed E-state index contributed by atoms with van der Waals surface area (Å²) in [5, 5.41) is -0.345. The van der Waals surface area contributed by atoms with Crippen molar-refractivity contribution in [3.05, 3.63) is 24.2 Å². The van der Waals surface area contributed by atoms with Crippen LogP contribution in [0.1, 0.15) is 5.76 Å². The summed E-state index contributed by atoms with van der Waals surface area (Å²) in [5.74, 6) is 0.719. The van der Waals surface area contributed by atoms with Crippen LogP contribution in [0.5, 0.6) is 0 Å². The van der Waals surface area contributed by atoms with E-state index in [9.17, 15) is 8.42 Å². The first-order chi connectivity index (χ1) is 8.95. The maximum Gasteiger partial charge on any atom is 0.256 e. The van der Waals surface area contributed by atoms with Crippen molar-refractivity contribution in [2.45, 2.75) is 12.3 Å². The minimum atomic E-state index is -3.54. The Labute approximate surface area is 108 Å². The summed E-state index contributed by atoms with van der Waals surface area (Å²) in [4.78, 5) is 11.9. The summed E-state index contributed by atoms with van der Waals surface area (Å²) in [6.07, 6.45) is 1.67. The van der Waals surface area contributed by atoms with Gasteiger partial charge in [0, 0.05) is 6.26 Å². The number of amidine groups is 2. The molecule has 100 valence electrons. The van der Waals surface area contributed by atoms with E-state index in [0.717, 1.165) is 6.26 Å². The Morgan fingerprint density at radius 3 is 2.79 bits per heavy atom. The third-order valence-corrected chi connectivity index (χ3v) is 3.45. The van der Waals surface area contributed by atoms with Gasteiger partial charge in [0.05, 0.1) is 6.26 Å². The van der Waals surface area contributed by atoms with Crippen molar-refractivity contribution in [1.29, 1.82) is 0 Å². The molecule has 1 aromatic rings. The number of sulfone groups is 1. The quantitative estimate of drug-likeness (QED) is 0.746. The lowest BCUT2D eigenvalue weighted by atomic mass is 10.2. The molecule has 0 aliphatic carbocycles. The van der Waals surface area contributed by atoms with Crippen molar-refractivity contribution >= 4 is 26.7 Å². The first-order valence-corrected chi connectivity index (χ1v) is 7.24. The van der Waals surface area contributed by atoms with Gasteiger partial charge in [-0.3, -0.25) is 0 Å². The molecule has 2 N–H and O–H groups in total. The smallest absolute Gasteiger partial charge is 0.256 e. The summed E-state index contributed by atoms with van der Waals surface area (Å²) >= 11 is 0. The molecule has 0 radical (unpaired) electrons. The SMILES string of the molecule is CS(=O)(=O)C1=NC2OC(c3ccco3)=NC2C(N)=N1. The van der Waals surface area contributed by atoms with Crippen LogP contribution >= 0.6 is 0 Å². The molecule has 0 fully saturated rings. The highest BCUT2D eigenvalue weighted by Crippen LogP contribution is 2.23. The monoisotopic (exact) mass is 282 g/mol. The highest BCUT2D eigenvalue weighted by Gasteiger charge is 2.39. The van der Waals surface area contributed by atoms with Crippen LogP contribution in [0.15, 0.2) is 37.8 Å². The lowest BCUT2D eigenvalue weighted by Crippen LogP contribution is -2.40. The van der Waals surface area contributed by atoms with Gasteiger partial charge in [0.15, 0.2) is 11.8 Å². The van der Waals surface area contributed by atoms with E-state index in [4.69, 9.17) is 14.9 Å². The normalized spacial score (nSPS) is 26.1. The fourth-order valence-electron chi connectivity index (χ4n) is 1.72. The number of nitrogens with zero attached hydrogens (tertiary/aromatic N) is 3. The standard InChI is InChI=1S/C10H10N4O4S/c1-19(15,16)10-13-7(11)6-9(14-10)18-8(12-6)5-3-2-4-17-5/h2-4,6,9H,1H3,(H2,11,13,14). The van der Waals surface area contributed by atoms with E-state index in [2.05, 4.69) is 15.0 Å². The molecule has 2 aliphatic rings. The molecule has 9 heteroatoms. The Morgan fingerprint density at radius 2 is 2.16 bits per heavy atom. The van der Waals surface area contributed by atoms with Crippen LogP contribution in [0.25, 0.3) is 0 Å². The van der Waals surface area contributed by atoms with Gasteiger partial charge in [-0.2, -0.15) is 0 Å². The molecule has 0 saturated heterocycles. The molecule has 8 nitrogen and oxygen atoms in total. The van der Waals surface area contributed by atoms with E-state index in [0.29, 0.717) is 5.76 Å². The molecule has 1 aromatic heterocycles. The predicted octanol–water partition coefficient (Wildman–Crippen LogP) is -0.478. The fourth-order valence-corrected chi connectivity index (χ4v) is 2.29. The lowest BCUT2D eigenvalue weighted by molar-refractivity contribution is 0.216. The van der Waals surface area contributed by atoms with Gasteiger partial charge in [0.25, 0.3) is 5.90 Å². The van der Waals surface area contributed by atoms with Gasteiger partial charge in [0.1, 0.15) is 5.84 Å². The Balaban J connectivity index is 1.96. The maximum absolute atomic E-state index is 11.4. The molecular weight excluding hydrogens is 272 g/mol. The summed E-state index contributed by atoms with van der Waals surface area (Å²) < 4.78 is 33.5. The molecule has 0 saturated carbocycles. The largest absolute Gasteiger partial charge is 0.459 e. The Morgan fingerprint density at radius 1 is 1.37 bits per heavy atom. The molecule has 2 unspecified atom stereocenters. The third kappa shape index (κ3) is 2.01. The first kappa shape index (κ1) is 11.9. The molecule has 0 spiro atoms. The minimum Gasteiger partial charge on any atom is -0.459 e. The van der Waals surface area contributed by atoms with E-state index >= 15 is 0 Å². The van der Waals surface area contributed by atoms with Gasteiger partial charge in [-0.15, -0.1) is 0 Å². The molecule has 2 aliphatic heterocycles. The van der Waals surface area contributed by atoms with E-state index in [-0.39, 0.29) is 16.9 Å². The van der Waals surface area contributed by atoms with Crippen LogP contribution in [0.4, 0.5) is 0 Å². The predicted molar refractivity (Wildman–Crippen MR) is 67.8 cm³/mol. The van der Waals surface area contributed by atoms with E-state index < -0.39 is 22.1 Å². The summed E-state index contributed by atoms with van der Waals surface area (Å²) in [6, 6.07) is 2.74. The van der Waals surface area contributed by atoms with Crippen molar-refractivity contribution in [2.24, 2.45) is 20.7 Å². The van der Waals surface area contributed by atoms with Crippen LogP contribution in [0, 0.1) is 0 Å². The van der Waals surface area contributed by atoms with Gasteiger partial charge in [0.2, 0.25) is 21.2 Å². The van der Waals surface area contributed by atoms with Crippen LogP contribution in [-0.4, -0.2) is 43.8 Å². The average molecular weight is 282 g/mol. The molecule has 3 heterocycles. The van der Waals surface area contributed by atoms with Crippen LogP contribution in [-0.2, 0) is 14.6 Å². The van der Waals surface area contributed by atoms with Gasteiger partial charge < -0.3 is 14.9 Å². The van der Waals surface area contributed by atoms with Crippen molar-refractivity contribution in [1.82, 2.24) is 0 Å². The molecule has 0 aromatic carbocycles. The number of hydrogen-bond donors (Lipinski definition) is 1. The summed E-state index contributed by atoms with van der Waals surface area (Å²) in [6.45, 7) is 0. The van der Waals surface area contributed by atoms with Crippen LogP contribution in [0.2, 0.25) is 0 Å². The molecule has 0 amide bonds. The molecule has 0 bridgehead atoms. The Hall–Kier alpha value is -2.16. The Kier molecular flexibility index (Phi) is 2.45. The average Bonchev–Trinajstić information content (AvgIpc) is 2.95. The first-order valence-electron chi connectivity index (χ1n) is 5.35. The van der Waals surface area contributed by atoms with Crippen LogP contribution in [0.3, 0.4) is 0 Å². The number of furan rings is 1. The number of ether oxygens (including phenoxy) is 1. The second-order valence-corrected chi connectivity index (χ2v) is 5.99. The van der Waals surface area contributed by atoms with Crippen molar-refractivity contribution in [3.63, 3.8) is 0 Å². The minimum absolute atomic E-state index is 0.0574. The van der Waals surface area contributed by atoms with Gasteiger partial charge in [-0.25, -0.2) is 23.4 Å². The number of fused-ring (bicyclic) bond motifs is 1. The zero-order chi connectivity index (χ0) is 13.6. The second kappa shape index (κ2) is 3.92. The van der Waals surface area contributed by atoms with Crippen molar-refractivity contribution in [2.75, 3.05) is 6.26 Å². The summed E-state index contributed by atoms with van der Waals surface area (Å²) in [7, 11) is -3.54. The summed E-state index contributed by atoms with van der Waals surface area (Å²) in [5.41, 5.74) is 5.71.